The molecule has 1 heterocycles. The number of thioether (sulfide) groups is 2. The van der Waals surface area contributed by atoms with Crippen molar-refractivity contribution < 1.29 is 0 Å². The second kappa shape index (κ2) is 6.76. The van der Waals surface area contributed by atoms with Crippen LogP contribution in [0.1, 0.15) is 12.5 Å². The predicted molar refractivity (Wildman–Crippen MR) is 86.3 cm³/mol. The number of halogens is 2. The van der Waals surface area contributed by atoms with Crippen molar-refractivity contribution in [2.45, 2.75) is 29.9 Å². The van der Waals surface area contributed by atoms with Crippen LogP contribution in [0.3, 0.4) is 0 Å². The zero-order chi connectivity index (χ0) is 13.1. The summed E-state index contributed by atoms with van der Waals surface area (Å²) in [7, 11) is 0. The van der Waals surface area contributed by atoms with Crippen molar-refractivity contribution in [1.82, 2.24) is 0 Å². The number of hydrogen-bond donors (Lipinski definition) is 1. The second-order valence-electron chi connectivity index (χ2n) is 4.52. The molecule has 0 aliphatic carbocycles. The standard InChI is InChI=1S/C13H17Cl2NS2/c1-8-13(18-5-4-17-8)12(16)6-9-2-3-10(14)7-11(9)15/h2-3,7-8,12-13H,4-6,16H2,1H3. The molecule has 1 nitrogen and oxygen atoms in total. The highest BCUT2D eigenvalue weighted by molar-refractivity contribution is 8.07. The van der Waals surface area contributed by atoms with E-state index < -0.39 is 0 Å². The molecule has 1 aliphatic heterocycles. The Balaban J connectivity index is 2.03. The van der Waals surface area contributed by atoms with Crippen LogP contribution in [0.2, 0.25) is 10.0 Å². The fourth-order valence-corrected chi connectivity index (χ4v) is 5.55. The van der Waals surface area contributed by atoms with E-state index in [2.05, 4.69) is 6.92 Å². The van der Waals surface area contributed by atoms with Crippen LogP contribution in [0, 0.1) is 0 Å². The molecule has 0 spiro atoms. The number of benzene rings is 1. The van der Waals surface area contributed by atoms with Crippen molar-refractivity contribution >= 4 is 46.7 Å². The first-order chi connectivity index (χ1) is 8.58. The van der Waals surface area contributed by atoms with Crippen LogP contribution in [0.15, 0.2) is 18.2 Å². The molecule has 1 fully saturated rings. The zero-order valence-electron chi connectivity index (χ0n) is 10.2. The third kappa shape index (κ3) is 3.73. The highest BCUT2D eigenvalue weighted by atomic mass is 35.5. The van der Waals surface area contributed by atoms with Gasteiger partial charge in [-0.25, -0.2) is 0 Å². The molecule has 0 radical (unpaired) electrons. The molecule has 3 unspecified atom stereocenters. The largest absolute Gasteiger partial charge is 0.326 e. The van der Waals surface area contributed by atoms with Gasteiger partial charge in [0.25, 0.3) is 0 Å². The van der Waals surface area contributed by atoms with Gasteiger partial charge in [0.15, 0.2) is 0 Å². The topological polar surface area (TPSA) is 26.0 Å². The first-order valence-electron chi connectivity index (χ1n) is 6.00. The van der Waals surface area contributed by atoms with E-state index in [4.69, 9.17) is 28.9 Å². The van der Waals surface area contributed by atoms with Crippen molar-refractivity contribution in [3.05, 3.63) is 33.8 Å². The van der Waals surface area contributed by atoms with Crippen molar-refractivity contribution in [1.29, 1.82) is 0 Å². The molecule has 100 valence electrons. The van der Waals surface area contributed by atoms with Crippen molar-refractivity contribution in [3.63, 3.8) is 0 Å². The average Bonchev–Trinajstić information content (AvgIpc) is 2.33. The Morgan fingerprint density at radius 2 is 2.06 bits per heavy atom. The summed E-state index contributed by atoms with van der Waals surface area (Å²) in [5.41, 5.74) is 7.45. The summed E-state index contributed by atoms with van der Waals surface area (Å²) in [5, 5.41) is 2.52. The van der Waals surface area contributed by atoms with E-state index >= 15 is 0 Å². The molecule has 1 saturated heterocycles. The maximum absolute atomic E-state index is 6.35. The first-order valence-corrected chi connectivity index (χ1v) is 8.86. The molecular formula is C13H17Cl2NS2. The van der Waals surface area contributed by atoms with Crippen LogP contribution < -0.4 is 5.73 Å². The minimum absolute atomic E-state index is 0.150. The van der Waals surface area contributed by atoms with E-state index in [1.807, 2.05) is 35.7 Å². The van der Waals surface area contributed by atoms with Gasteiger partial charge in [-0.2, -0.15) is 23.5 Å². The van der Waals surface area contributed by atoms with Crippen LogP contribution in [0.5, 0.6) is 0 Å². The minimum Gasteiger partial charge on any atom is -0.326 e. The van der Waals surface area contributed by atoms with E-state index in [9.17, 15) is 0 Å². The minimum atomic E-state index is 0.150. The number of nitrogens with two attached hydrogens (primary N) is 1. The molecule has 2 N–H and O–H groups in total. The molecule has 1 aromatic rings. The maximum atomic E-state index is 6.35. The van der Waals surface area contributed by atoms with Gasteiger partial charge in [-0.15, -0.1) is 0 Å². The second-order valence-corrected chi connectivity index (χ2v) is 8.13. The van der Waals surface area contributed by atoms with Crippen LogP contribution in [-0.2, 0) is 6.42 Å². The normalized spacial score (nSPS) is 26.0. The van der Waals surface area contributed by atoms with Crippen molar-refractivity contribution in [2.75, 3.05) is 11.5 Å². The number of rotatable bonds is 3. The third-order valence-corrected chi connectivity index (χ3v) is 6.99. The molecule has 2 rings (SSSR count). The van der Waals surface area contributed by atoms with Gasteiger partial charge in [0.1, 0.15) is 0 Å². The predicted octanol–water partition coefficient (Wildman–Crippen LogP) is 4.10. The molecule has 0 amide bonds. The van der Waals surface area contributed by atoms with E-state index in [1.165, 1.54) is 11.5 Å². The SMILES string of the molecule is CC1SCCSC1C(N)Cc1ccc(Cl)cc1Cl. The quantitative estimate of drug-likeness (QED) is 0.907. The smallest absolute Gasteiger partial charge is 0.0453 e. The Hall–Kier alpha value is 0.460. The molecule has 0 saturated carbocycles. The Kier molecular flexibility index (Phi) is 5.58. The van der Waals surface area contributed by atoms with Gasteiger partial charge in [-0.1, -0.05) is 36.2 Å². The molecule has 1 aliphatic rings. The van der Waals surface area contributed by atoms with Gasteiger partial charge < -0.3 is 5.73 Å². The van der Waals surface area contributed by atoms with E-state index in [-0.39, 0.29) is 6.04 Å². The van der Waals surface area contributed by atoms with Crippen LogP contribution in [-0.4, -0.2) is 28.0 Å². The Morgan fingerprint density at radius 3 is 2.72 bits per heavy atom. The van der Waals surface area contributed by atoms with Crippen LogP contribution in [0.4, 0.5) is 0 Å². The van der Waals surface area contributed by atoms with Crippen molar-refractivity contribution in [3.8, 4) is 0 Å². The van der Waals surface area contributed by atoms with E-state index in [0.717, 1.165) is 17.0 Å². The third-order valence-electron chi connectivity index (χ3n) is 3.13. The van der Waals surface area contributed by atoms with Gasteiger partial charge in [0.2, 0.25) is 0 Å². The van der Waals surface area contributed by atoms with E-state index in [1.54, 1.807) is 6.07 Å². The zero-order valence-corrected chi connectivity index (χ0v) is 13.4. The summed E-state index contributed by atoms with van der Waals surface area (Å²) < 4.78 is 0. The van der Waals surface area contributed by atoms with Gasteiger partial charge in [0, 0.05) is 38.1 Å². The summed E-state index contributed by atoms with van der Waals surface area (Å²) in [6.07, 6.45) is 0.818. The Labute approximate surface area is 127 Å². The Morgan fingerprint density at radius 1 is 1.33 bits per heavy atom. The van der Waals surface area contributed by atoms with Gasteiger partial charge in [-0.3, -0.25) is 0 Å². The molecule has 1 aromatic carbocycles. The molecular weight excluding hydrogens is 305 g/mol. The number of hydrogen-bond acceptors (Lipinski definition) is 3. The molecule has 0 bridgehead atoms. The van der Waals surface area contributed by atoms with Crippen LogP contribution >= 0.6 is 46.7 Å². The molecule has 0 aromatic heterocycles. The summed E-state index contributed by atoms with van der Waals surface area (Å²) in [5.74, 6) is 2.43. The van der Waals surface area contributed by atoms with E-state index in [0.29, 0.717) is 15.5 Å². The lowest BCUT2D eigenvalue weighted by Gasteiger charge is -2.32. The molecule has 5 heteroatoms. The molecule has 18 heavy (non-hydrogen) atoms. The molecule has 3 atom stereocenters. The summed E-state index contributed by atoms with van der Waals surface area (Å²) >= 11 is 16.1. The fraction of sp³-hybridized carbons (Fsp3) is 0.538. The van der Waals surface area contributed by atoms with Crippen LogP contribution in [0.25, 0.3) is 0 Å². The van der Waals surface area contributed by atoms with Gasteiger partial charge >= 0.3 is 0 Å². The first kappa shape index (κ1) is 14.9. The highest BCUT2D eigenvalue weighted by Crippen LogP contribution is 2.34. The lowest BCUT2D eigenvalue weighted by atomic mass is 10.0. The Bertz CT molecular complexity index is 414. The monoisotopic (exact) mass is 321 g/mol. The lowest BCUT2D eigenvalue weighted by Crippen LogP contribution is -2.42. The highest BCUT2D eigenvalue weighted by Gasteiger charge is 2.28. The fourth-order valence-electron chi connectivity index (χ4n) is 2.18. The lowest BCUT2D eigenvalue weighted by molar-refractivity contribution is 0.622. The summed E-state index contributed by atoms with van der Waals surface area (Å²) in [6, 6.07) is 5.80. The average molecular weight is 322 g/mol. The van der Waals surface area contributed by atoms with Gasteiger partial charge in [-0.05, 0) is 24.1 Å². The van der Waals surface area contributed by atoms with Gasteiger partial charge in [0.05, 0.1) is 0 Å². The summed E-state index contributed by atoms with van der Waals surface area (Å²) in [6.45, 7) is 2.27. The summed E-state index contributed by atoms with van der Waals surface area (Å²) in [4.78, 5) is 0. The maximum Gasteiger partial charge on any atom is 0.0453 e. The van der Waals surface area contributed by atoms with Crippen molar-refractivity contribution in [2.24, 2.45) is 5.73 Å².